The van der Waals surface area contributed by atoms with Gasteiger partial charge < -0.3 is 11.1 Å². The Morgan fingerprint density at radius 1 is 1.00 bits per heavy atom. The Balaban J connectivity index is 0.00000243. The van der Waals surface area contributed by atoms with Crippen molar-refractivity contribution in [1.29, 1.82) is 0 Å². The van der Waals surface area contributed by atoms with Gasteiger partial charge in [-0.25, -0.2) is 8.78 Å². The number of carbonyl (C=O) groups is 1. The standard InChI is InChI=1S/C20H22F2N2O.ClH/c21-16-8-4-13(5-9-16)20(14-6-10-17(22)11-7-14)24-19(25)12-15-2-1-3-18(15)23;/h4-11,15,18,20H,1-3,12,23H2,(H,24,25);1H/t15-,18+;/m0./s1. The maximum atomic E-state index is 13.2. The molecule has 1 fully saturated rings. The van der Waals surface area contributed by atoms with Gasteiger partial charge >= 0.3 is 0 Å². The first kappa shape index (κ1) is 20.3. The van der Waals surface area contributed by atoms with E-state index in [1.807, 2.05) is 0 Å². The molecule has 0 bridgehead atoms. The summed E-state index contributed by atoms with van der Waals surface area (Å²) in [6, 6.07) is 11.5. The lowest BCUT2D eigenvalue weighted by Crippen LogP contribution is -2.34. The highest BCUT2D eigenvalue weighted by Crippen LogP contribution is 2.28. The quantitative estimate of drug-likeness (QED) is 0.820. The van der Waals surface area contributed by atoms with Crippen molar-refractivity contribution >= 4 is 18.3 Å². The average Bonchev–Trinajstić information content (AvgIpc) is 2.99. The van der Waals surface area contributed by atoms with Crippen LogP contribution in [0.3, 0.4) is 0 Å². The van der Waals surface area contributed by atoms with Gasteiger partial charge in [-0.05, 0) is 54.2 Å². The minimum Gasteiger partial charge on any atom is -0.345 e. The average molecular weight is 381 g/mol. The van der Waals surface area contributed by atoms with Crippen molar-refractivity contribution in [2.75, 3.05) is 0 Å². The molecule has 26 heavy (non-hydrogen) atoms. The third kappa shape index (κ3) is 5.02. The van der Waals surface area contributed by atoms with Gasteiger partial charge in [0.15, 0.2) is 0 Å². The van der Waals surface area contributed by atoms with Crippen LogP contribution in [0.15, 0.2) is 48.5 Å². The maximum absolute atomic E-state index is 13.2. The van der Waals surface area contributed by atoms with E-state index >= 15 is 0 Å². The predicted molar refractivity (Wildman–Crippen MR) is 100.0 cm³/mol. The monoisotopic (exact) mass is 380 g/mol. The molecular weight excluding hydrogens is 358 g/mol. The Hall–Kier alpha value is -1.98. The second kappa shape index (κ2) is 9.10. The van der Waals surface area contributed by atoms with Gasteiger partial charge in [-0.3, -0.25) is 4.79 Å². The first-order chi connectivity index (χ1) is 12.0. The van der Waals surface area contributed by atoms with Crippen molar-refractivity contribution in [2.45, 2.75) is 37.8 Å². The summed E-state index contributed by atoms with van der Waals surface area (Å²) >= 11 is 0. The molecule has 0 spiro atoms. The fourth-order valence-electron chi connectivity index (χ4n) is 3.45. The van der Waals surface area contributed by atoms with Crippen LogP contribution < -0.4 is 11.1 Å². The van der Waals surface area contributed by atoms with Crippen molar-refractivity contribution in [3.63, 3.8) is 0 Å². The minimum atomic E-state index is -0.452. The van der Waals surface area contributed by atoms with Gasteiger partial charge in [-0.2, -0.15) is 0 Å². The van der Waals surface area contributed by atoms with Crippen molar-refractivity contribution in [3.05, 3.63) is 71.3 Å². The molecule has 0 unspecified atom stereocenters. The molecule has 2 atom stereocenters. The molecule has 140 valence electrons. The number of carbonyl (C=O) groups excluding carboxylic acids is 1. The van der Waals surface area contributed by atoms with E-state index in [1.54, 1.807) is 24.3 Å². The third-order valence-corrected chi connectivity index (χ3v) is 4.88. The highest BCUT2D eigenvalue weighted by molar-refractivity contribution is 5.85. The second-order valence-electron chi connectivity index (χ2n) is 6.66. The summed E-state index contributed by atoms with van der Waals surface area (Å²) in [4.78, 5) is 12.5. The molecule has 3 rings (SSSR count). The number of nitrogens with one attached hydrogen (secondary N) is 1. The van der Waals surface area contributed by atoms with Crippen molar-refractivity contribution < 1.29 is 13.6 Å². The first-order valence-corrected chi connectivity index (χ1v) is 8.59. The largest absolute Gasteiger partial charge is 0.345 e. The van der Waals surface area contributed by atoms with Gasteiger partial charge in [0.2, 0.25) is 5.91 Å². The fourth-order valence-corrected chi connectivity index (χ4v) is 3.45. The summed E-state index contributed by atoms with van der Waals surface area (Å²) in [5, 5.41) is 3.00. The molecular formula is C20H23ClF2N2O. The molecule has 3 nitrogen and oxygen atoms in total. The number of halogens is 3. The molecule has 0 radical (unpaired) electrons. The minimum absolute atomic E-state index is 0. The molecule has 2 aromatic carbocycles. The van der Waals surface area contributed by atoms with Crippen LogP contribution in [0.2, 0.25) is 0 Å². The van der Waals surface area contributed by atoms with E-state index in [1.165, 1.54) is 24.3 Å². The van der Waals surface area contributed by atoms with E-state index in [0.29, 0.717) is 6.42 Å². The van der Waals surface area contributed by atoms with Crippen LogP contribution >= 0.6 is 12.4 Å². The molecule has 0 aromatic heterocycles. The summed E-state index contributed by atoms with van der Waals surface area (Å²) in [7, 11) is 0. The van der Waals surface area contributed by atoms with Crippen molar-refractivity contribution in [3.8, 4) is 0 Å². The topological polar surface area (TPSA) is 55.1 Å². The molecule has 1 aliphatic carbocycles. The maximum Gasteiger partial charge on any atom is 0.221 e. The van der Waals surface area contributed by atoms with Gasteiger partial charge in [0, 0.05) is 12.5 Å². The van der Waals surface area contributed by atoms with Gasteiger partial charge in [0.25, 0.3) is 0 Å². The van der Waals surface area contributed by atoms with E-state index in [0.717, 1.165) is 30.4 Å². The number of rotatable bonds is 5. The highest BCUT2D eigenvalue weighted by atomic mass is 35.5. The molecule has 2 aromatic rings. The van der Waals surface area contributed by atoms with Crippen LogP contribution in [0.1, 0.15) is 42.9 Å². The van der Waals surface area contributed by atoms with E-state index in [9.17, 15) is 13.6 Å². The Labute approximate surface area is 158 Å². The van der Waals surface area contributed by atoms with Crippen molar-refractivity contribution in [1.82, 2.24) is 5.32 Å². The zero-order valence-corrected chi connectivity index (χ0v) is 15.1. The van der Waals surface area contributed by atoms with Crippen LogP contribution in [0.25, 0.3) is 0 Å². The Kier molecular flexibility index (Phi) is 7.12. The summed E-state index contributed by atoms with van der Waals surface area (Å²) < 4.78 is 26.5. The molecule has 3 N–H and O–H groups in total. The number of nitrogens with two attached hydrogens (primary N) is 1. The zero-order chi connectivity index (χ0) is 17.8. The normalized spacial score (nSPS) is 19.2. The van der Waals surface area contributed by atoms with Crippen LogP contribution in [0, 0.1) is 17.6 Å². The Bertz CT molecular complexity index is 676. The third-order valence-electron chi connectivity index (χ3n) is 4.88. The molecule has 0 heterocycles. The van der Waals surface area contributed by atoms with E-state index < -0.39 is 6.04 Å². The molecule has 0 aliphatic heterocycles. The predicted octanol–water partition coefficient (Wildman–Crippen LogP) is 4.11. The molecule has 1 amide bonds. The van der Waals surface area contributed by atoms with Crippen LogP contribution in [0.5, 0.6) is 0 Å². The Morgan fingerprint density at radius 2 is 1.50 bits per heavy atom. The SMILES string of the molecule is Cl.N[C@@H]1CCC[C@H]1CC(=O)NC(c1ccc(F)cc1)c1ccc(F)cc1. The number of benzene rings is 2. The number of hydrogen-bond acceptors (Lipinski definition) is 2. The number of hydrogen-bond donors (Lipinski definition) is 2. The van der Waals surface area contributed by atoms with E-state index in [2.05, 4.69) is 5.32 Å². The van der Waals surface area contributed by atoms with Crippen LogP contribution in [0.4, 0.5) is 8.78 Å². The van der Waals surface area contributed by atoms with Crippen LogP contribution in [-0.2, 0) is 4.79 Å². The molecule has 1 aliphatic rings. The highest BCUT2D eigenvalue weighted by Gasteiger charge is 2.27. The lowest BCUT2D eigenvalue weighted by Gasteiger charge is -2.22. The molecule has 1 saturated carbocycles. The molecule has 6 heteroatoms. The summed E-state index contributed by atoms with van der Waals surface area (Å²) in [6.07, 6.45) is 3.35. The fraction of sp³-hybridized carbons (Fsp3) is 0.350. The van der Waals surface area contributed by atoms with E-state index in [-0.39, 0.29) is 41.9 Å². The zero-order valence-electron chi connectivity index (χ0n) is 14.3. The smallest absolute Gasteiger partial charge is 0.221 e. The Morgan fingerprint density at radius 3 is 1.92 bits per heavy atom. The number of amides is 1. The van der Waals surface area contributed by atoms with Crippen molar-refractivity contribution in [2.24, 2.45) is 11.7 Å². The van der Waals surface area contributed by atoms with E-state index in [4.69, 9.17) is 5.73 Å². The lowest BCUT2D eigenvalue weighted by atomic mass is 9.96. The van der Waals surface area contributed by atoms with Gasteiger partial charge in [0.05, 0.1) is 6.04 Å². The van der Waals surface area contributed by atoms with Crippen LogP contribution in [-0.4, -0.2) is 11.9 Å². The first-order valence-electron chi connectivity index (χ1n) is 8.59. The second-order valence-corrected chi connectivity index (χ2v) is 6.66. The van der Waals surface area contributed by atoms with Gasteiger partial charge in [0.1, 0.15) is 11.6 Å². The van der Waals surface area contributed by atoms with Gasteiger partial charge in [-0.15, -0.1) is 12.4 Å². The van der Waals surface area contributed by atoms with Gasteiger partial charge in [-0.1, -0.05) is 30.7 Å². The summed E-state index contributed by atoms with van der Waals surface area (Å²) in [5.41, 5.74) is 7.54. The molecule has 0 saturated heterocycles. The summed E-state index contributed by atoms with van der Waals surface area (Å²) in [5.74, 6) is -0.585. The lowest BCUT2D eigenvalue weighted by molar-refractivity contribution is -0.122. The summed E-state index contributed by atoms with van der Waals surface area (Å²) in [6.45, 7) is 0.